The summed E-state index contributed by atoms with van der Waals surface area (Å²) in [5.74, 6) is -1.64. The molecule has 0 N–H and O–H groups in total. The molecule has 1 unspecified atom stereocenters. The predicted molar refractivity (Wildman–Crippen MR) is 101 cm³/mol. The van der Waals surface area contributed by atoms with E-state index in [-0.39, 0.29) is 18.2 Å². The molecule has 3 aliphatic rings. The van der Waals surface area contributed by atoms with Crippen LogP contribution in [0, 0.1) is 11.0 Å². The molecule has 1 aromatic rings. The van der Waals surface area contributed by atoms with Crippen LogP contribution >= 0.6 is 0 Å². The van der Waals surface area contributed by atoms with Gasteiger partial charge in [-0.1, -0.05) is 0 Å². The van der Waals surface area contributed by atoms with Gasteiger partial charge in [0, 0.05) is 39.4 Å². The molecule has 10 heteroatoms. The zero-order valence-corrected chi connectivity index (χ0v) is 16.1. The maximum atomic E-state index is 14.8. The van der Waals surface area contributed by atoms with Crippen LogP contribution in [0.5, 0.6) is 0 Å². The van der Waals surface area contributed by atoms with Crippen molar-refractivity contribution in [3.05, 3.63) is 29.2 Å². The van der Waals surface area contributed by atoms with Gasteiger partial charge in [0.1, 0.15) is 11.9 Å². The SMILES string of the molecule is CC(=O)N([O-])CC1CN(c2ccc(N3CCC4(CC3)OCCO4)c(F)c2)C(=O)O1. The van der Waals surface area contributed by atoms with E-state index in [1.54, 1.807) is 12.1 Å². The maximum Gasteiger partial charge on any atom is 0.414 e. The molecule has 1 atom stereocenters. The molecule has 1 spiro atoms. The minimum absolute atomic E-state index is 0.0740. The third-order valence-corrected chi connectivity index (χ3v) is 5.52. The Morgan fingerprint density at radius 1 is 1.31 bits per heavy atom. The number of ether oxygens (including phenoxy) is 3. The predicted octanol–water partition coefficient (Wildman–Crippen LogP) is 1.84. The average Bonchev–Trinajstić information content (AvgIpc) is 3.29. The fourth-order valence-corrected chi connectivity index (χ4v) is 3.94. The van der Waals surface area contributed by atoms with Crippen LogP contribution in [0.15, 0.2) is 18.2 Å². The van der Waals surface area contributed by atoms with E-state index in [0.29, 0.717) is 50.5 Å². The second-order valence-electron chi connectivity index (χ2n) is 7.43. The molecular weight excluding hydrogens is 385 g/mol. The monoisotopic (exact) mass is 408 g/mol. The quantitative estimate of drug-likeness (QED) is 0.702. The Hall–Kier alpha value is -2.43. The van der Waals surface area contributed by atoms with Crippen LogP contribution < -0.4 is 9.80 Å². The van der Waals surface area contributed by atoms with Gasteiger partial charge in [0.25, 0.3) is 0 Å². The largest absolute Gasteiger partial charge is 0.756 e. The molecule has 0 radical (unpaired) electrons. The number of cyclic esters (lactones) is 1. The van der Waals surface area contributed by atoms with Gasteiger partial charge in [0.2, 0.25) is 5.91 Å². The Bertz CT molecular complexity index is 790. The lowest BCUT2D eigenvalue weighted by molar-refractivity contribution is -0.169. The zero-order chi connectivity index (χ0) is 20.6. The highest BCUT2D eigenvalue weighted by Gasteiger charge is 2.40. The second-order valence-corrected chi connectivity index (χ2v) is 7.43. The Kier molecular flexibility index (Phi) is 5.32. The number of hydroxylamine groups is 2. The smallest absolute Gasteiger partial charge is 0.414 e. The molecule has 0 aromatic heterocycles. The number of hydrogen-bond acceptors (Lipinski definition) is 7. The summed E-state index contributed by atoms with van der Waals surface area (Å²) in [7, 11) is 0. The lowest BCUT2D eigenvalue weighted by Gasteiger charge is -2.38. The van der Waals surface area contributed by atoms with Crippen molar-refractivity contribution in [2.45, 2.75) is 31.7 Å². The van der Waals surface area contributed by atoms with Crippen LogP contribution in [0.4, 0.5) is 20.6 Å². The van der Waals surface area contributed by atoms with Crippen molar-refractivity contribution in [3.8, 4) is 0 Å². The zero-order valence-electron chi connectivity index (χ0n) is 16.1. The Labute approximate surface area is 167 Å². The Morgan fingerprint density at radius 2 is 2.00 bits per heavy atom. The minimum atomic E-state index is -0.753. The number of piperidine rings is 1. The van der Waals surface area contributed by atoms with E-state index in [4.69, 9.17) is 14.2 Å². The number of halogens is 1. The molecule has 3 fully saturated rings. The van der Waals surface area contributed by atoms with E-state index in [9.17, 15) is 19.2 Å². The van der Waals surface area contributed by atoms with Crippen LogP contribution in [0.2, 0.25) is 0 Å². The van der Waals surface area contributed by atoms with Gasteiger partial charge < -0.3 is 29.4 Å². The van der Waals surface area contributed by atoms with Crippen molar-refractivity contribution in [1.82, 2.24) is 5.06 Å². The van der Waals surface area contributed by atoms with Crippen LogP contribution in [-0.4, -0.2) is 68.3 Å². The van der Waals surface area contributed by atoms with Crippen LogP contribution in [-0.2, 0) is 19.0 Å². The number of amides is 2. The van der Waals surface area contributed by atoms with Crippen LogP contribution in [0.25, 0.3) is 0 Å². The minimum Gasteiger partial charge on any atom is -0.756 e. The van der Waals surface area contributed by atoms with Crippen molar-refractivity contribution < 1.29 is 28.2 Å². The molecule has 3 aliphatic heterocycles. The third kappa shape index (κ3) is 4.00. The average molecular weight is 408 g/mol. The molecule has 0 bridgehead atoms. The summed E-state index contributed by atoms with van der Waals surface area (Å²) in [6.07, 6.45) is -0.0994. The first-order chi connectivity index (χ1) is 13.9. The van der Waals surface area contributed by atoms with E-state index in [1.165, 1.54) is 11.0 Å². The van der Waals surface area contributed by atoms with E-state index in [2.05, 4.69) is 0 Å². The van der Waals surface area contributed by atoms with Gasteiger partial charge >= 0.3 is 6.09 Å². The molecule has 158 valence electrons. The summed E-state index contributed by atoms with van der Waals surface area (Å²) < 4.78 is 31.3. The molecule has 3 heterocycles. The molecule has 4 rings (SSSR count). The molecular formula is C19H23FN3O6-. The second kappa shape index (κ2) is 7.77. The van der Waals surface area contributed by atoms with Gasteiger partial charge in [0.15, 0.2) is 5.79 Å². The number of hydrogen-bond donors (Lipinski definition) is 0. The Morgan fingerprint density at radius 3 is 2.62 bits per heavy atom. The molecule has 2 amide bonds. The number of nitrogens with zero attached hydrogens (tertiary/aromatic N) is 3. The standard InChI is InChI=1S/C19H23FN3O6/c1-13(24)23(26)12-15-11-22(18(25)29-15)14-2-3-17(16(20)10-14)21-6-4-19(5-7-21)27-8-9-28-19/h2-3,10,15H,4-9,11-12H2,1H3/q-1. The van der Waals surface area contributed by atoms with Crippen molar-refractivity contribution in [1.29, 1.82) is 0 Å². The summed E-state index contributed by atoms with van der Waals surface area (Å²) in [5, 5.41) is 11.7. The fraction of sp³-hybridized carbons (Fsp3) is 0.579. The van der Waals surface area contributed by atoms with Crippen LogP contribution in [0.3, 0.4) is 0 Å². The third-order valence-electron chi connectivity index (χ3n) is 5.52. The highest BCUT2D eigenvalue weighted by molar-refractivity contribution is 5.90. The summed E-state index contributed by atoms with van der Waals surface area (Å²) >= 11 is 0. The summed E-state index contributed by atoms with van der Waals surface area (Å²) in [6, 6.07) is 4.57. The van der Waals surface area contributed by atoms with E-state index < -0.39 is 29.7 Å². The summed E-state index contributed by atoms with van der Waals surface area (Å²) in [6.45, 7) is 3.35. The van der Waals surface area contributed by atoms with E-state index >= 15 is 0 Å². The van der Waals surface area contributed by atoms with Gasteiger partial charge in [-0.3, -0.25) is 9.69 Å². The van der Waals surface area contributed by atoms with Crippen molar-refractivity contribution in [2.75, 3.05) is 49.2 Å². The Balaban J connectivity index is 1.41. The maximum absolute atomic E-state index is 14.8. The number of rotatable bonds is 4. The normalized spacial score (nSPS) is 23.6. The highest BCUT2D eigenvalue weighted by atomic mass is 19.1. The van der Waals surface area contributed by atoms with E-state index in [0.717, 1.165) is 6.92 Å². The van der Waals surface area contributed by atoms with Crippen molar-refractivity contribution >= 4 is 23.4 Å². The van der Waals surface area contributed by atoms with Gasteiger partial charge in [-0.2, -0.15) is 0 Å². The number of carbonyl (C=O) groups is 2. The summed E-state index contributed by atoms with van der Waals surface area (Å²) in [5.41, 5.74) is 0.794. The lowest BCUT2D eigenvalue weighted by Crippen LogP contribution is -2.45. The molecule has 0 saturated carbocycles. The topological polar surface area (TPSA) is 94.6 Å². The van der Waals surface area contributed by atoms with Gasteiger partial charge in [-0.05, 0) is 18.2 Å². The number of benzene rings is 1. The summed E-state index contributed by atoms with van der Waals surface area (Å²) in [4.78, 5) is 26.4. The molecule has 1 aromatic carbocycles. The van der Waals surface area contributed by atoms with Gasteiger partial charge in [-0.25, -0.2) is 9.18 Å². The lowest BCUT2D eigenvalue weighted by atomic mass is 10.0. The van der Waals surface area contributed by atoms with Crippen LogP contribution in [0.1, 0.15) is 19.8 Å². The highest BCUT2D eigenvalue weighted by Crippen LogP contribution is 2.35. The first-order valence-electron chi connectivity index (χ1n) is 9.63. The van der Waals surface area contributed by atoms with Gasteiger partial charge in [-0.15, -0.1) is 0 Å². The number of anilines is 2. The molecule has 3 saturated heterocycles. The molecule has 0 aliphatic carbocycles. The number of carbonyl (C=O) groups excluding carboxylic acids is 2. The van der Waals surface area contributed by atoms with Crippen molar-refractivity contribution in [3.63, 3.8) is 0 Å². The first kappa shape index (κ1) is 19.9. The van der Waals surface area contributed by atoms with Gasteiger partial charge in [0.05, 0.1) is 31.1 Å². The molecule has 9 nitrogen and oxygen atoms in total. The fourth-order valence-electron chi connectivity index (χ4n) is 3.94. The van der Waals surface area contributed by atoms with E-state index in [1.807, 2.05) is 4.90 Å². The molecule has 29 heavy (non-hydrogen) atoms. The van der Waals surface area contributed by atoms with Crippen molar-refractivity contribution in [2.24, 2.45) is 0 Å². The first-order valence-corrected chi connectivity index (χ1v) is 9.63.